The van der Waals surface area contributed by atoms with Gasteiger partial charge < -0.3 is 15.8 Å². The molecule has 0 aliphatic carbocycles. The van der Waals surface area contributed by atoms with Crippen molar-refractivity contribution in [3.05, 3.63) is 35.9 Å². The van der Waals surface area contributed by atoms with E-state index >= 15 is 0 Å². The lowest BCUT2D eigenvalue weighted by molar-refractivity contribution is -0.124. The molecule has 1 aromatic carbocycles. The van der Waals surface area contributed by atoms with Crippen molar-refractivity contribution in [2.45, 2.75) is 40.3 Å². The van der Waals surface area contributed by atoms with Gasteiger partial charge in [-0.25, -0.2) is 0 Å². The lowest BCUT2D eigenvalue weighted by atomic mass is 9.87. The van der Waals surface area contributed by atoms with Crippen LogP contribution in [0, 0.1) is 11.3 Å². The molecule has 0 aliphatic heterocycles. The zero-order chi connectivity index (χ0) is 15.9. The summed E-state index contributed by atoms with van der Waals surface area (Å²) in [5, 5.41) is 2.89. The Hall–Kier alpha value is -1.10. The fourth-order valence-corrected chi connectivity index (χ4v) is 1.79. The first-order valence-corrected chi connectivity index (χ1v) is 7.45. The second-order valence-corrected chi connectivity index (χ2v) is 6.69. The van der Waals surface area contributed by atoms with Crippen LogP contribution in [-0.2, 0) is 16.1 Å². The molecule has 5 heteroatoms. The number of amides is 1. The standard InChI is InChI=1S/C17H28N2O2.ClH/c1-13(10-19-16(20)15(18)17(2,3)4)11-21-12-14-8-6-5-7-9-14;/h5-9,13,15H,10-12,18H2,1-4H3,(H,19,20);1H/t13?,15-;/m1./s1. The minimum absolute atomic E-state index is 0. The summed E-state index contributed by atoms with van der Waals surface area (Å²) in [4.78, 5) is 11.9. The summed E-state index contributed by atoms with van der Waals surface area (Å²) in [6.07, 6.45) is 0. The fraction of sp³-hybridized carbons (Fsp3) is 0.588. The number of carbonyl (C=O) groups excluding carboxylic acids is 1. The molecule has 0 radical (unpaired) electrons. The van der Waals surface area contributed by atoms with E-state index in [0.717, 1.165) is 5.56 Å². The average molecular weight is 329 g/mol. The van der Waals surface area contributed by atoms with E-state index < -0.39 is 6.04 Å². The number of halogens is 1. The number of rotatable bonds is 7. The molecule has 1 amide bonds. The van der Waals surface area contributed by atoms with Gasteiger partial charge in [-0.2, -0.15) is 0 Å². The van der Waals surface area contributed by atoms with E-state index in [4.69, 9.17) is 10.5 Å². The molecule has 0 heterocycles. The van der Waals surface area contributed by atoms with Crippen LogP contribution in [0.15, 0.2) is 30.3 Å². The maximum Gasteiger partial charge on any atom is 0.237 e. The van der Waals surface area contributed by atoms with E-state index in [1.807, 2.05) is 58.0 Å². The maximum absolute atomic E-state index is 11.9. The second kappa shape index (κ2) is 9.82. The van der Waals surface area contributed by atoms with E-state index in [0.29, 0.717) is 19.8 Å². The number of nitrogens with one attached hydrogen (secondary N) is 1. The minimum atomic E-state index is -0.491. The highest BCUT2D eigenvalue weighted by molar-refractivity contribution is 5.85. The van der Waals surface area contributed by atoms with Gasteiger partial charge in [0.05, 0.1) is 19.3 Å². The molecule has 0 spiro atoms. The van der Waals surface area contributed by atoms with Gasteiger partial charge in [-0.15, -0.1) is 12.4 Å². The van der Waals surface area contributed by atoms with Crippen LogP contribution in [0.5, 0.6) is 0 Å². The van der Waals surface area contributed by atoms with Gasteiger partial charge >= 0.3 is 0 Å². The zero-order valence-electron chi connectivity index (χ0n) is 14.0. The van der Waals surface area contributed by atoms with Gasteiger partial charge in [-0.1, -0.05) is 58.0 Å². The van der Waals surface area contributed by atoms with Gasteiger partial charge in [0.25, 0.3) is 0 Å². The molecule has 1 aromatic rings. The Morgan fingerprint density at radius 2 is 1.86 bits per heavy atom. The van der Waals surface area contributed by atoms with Crippen molar-refractivity contribution in [3.63, 3.8) is 0 Å². The van der Waals surface area contributed by atoms with Crippen molar-refractivity contribution < 1.29 is 9.53 Å². The van der Waals surface area contributed by atoms with E-state index in [9.17, 15) is 4.79 Å². The minimum Gasteiger partial charge on any atom is -0.376 e. The highest BCUT2D eigenvalue weighted by Gasteiger charge is 2.27. The topological polar surface area (TPSA) is 64.4 Å². The molecule has 0 aliphatic rings. The van der Waals surface area contributed by atoms with E-state index in [2.05, 4.69) is 5.32 Å². The van der Waals surface area contributed by atoms with Crippen molar-refractivity contribution in [2.75, 3.05) is 13.2 Å². The number of hydrogen-bond donors (Lipinski definition) is 2. The number of nitrogens with two attached hydrogens (primary N) is 1. The molecule has 126 valence electrons. The summed E-state index contributed by atoms with van der Waals surface area (Å²) >= 11 is 0. The predicted octanol–water partition coefficient (Wildman–Crippen LogP) is 2.75. The molecular formula is C17H29ClN2O2. The Kier molecular flexibility index (Phi) is 9.33. The van der Waals surface area contributed by atoms with Crippen molar-refractivity contribution >= 4 is 18.3 Å². The van der Waals surface area contributed by atoms with Gasteiger partial charge in [0.15, 0.2) is 0 Å². The summed E-state index contributed by atoms with van der Waals surface area (Å²) in [6, 6.07) is 9.56. The van der Waals surface area contributed by atoms with Gasteiger partial charge in [0.2, 0.25) is 5.91 Å². The van der Waals surface area contributed by atoms with Crippen molar-refractivity contribution in [1.29, 1.82) is 0 Å². The van der Waals surface area contributed by atoms with E-state index in [-0.39, 0.29) is 29.6 Å². The molecule has 2 atom stereocenters. The van der Waals surface area contributed by atoms with Crippen molar-refractivity contribution in [1.82, 2.24) is 5.32 Å². The Labute approximate surface area is 140 Å². The SMILES string of the molecule is CC(CNC(=O)[C@@H](N)C(C)(C)C)COCc1ccccc1.Cl. The number of ether oxygens (including phenoxy) is 1. The fourth-order valence-electron chi connectivity index (χ4n) is 1.79. The quantitative estimate of drug-likeness (QED) is 0.809. The lowest BCUT2D eigenvalue weighted by Crippen LogP contribution is -2.49. The lowest BCUT2D eigenvalue weighted by Gasteiger charge is -2.26. The average Bonchev–Trinajstić information content (AvgIpc) is 2.44. The van der Waals surface area contributed by atoms with E-state index in [1.54, 1.807) is 0 Å². The first kappa shape index (κ1) is 20.9. The number of benzene rings is 1. The van der Waals surface area contributed by atoms with Crippen LogP contribution < -0.4 is 11.1 Å². The maximum atomic E-state index is 11.9. The summed E-state index contributed by atoms with van der Waals surface area (Å²) in [6.45, 7) is 9.72. The second-order valence-electron chi connectivity index (χ2n) is 6.69. The van der Waals surface area contributed by atoms with Crippen LogP contribution in [0.1, 0.15) is 33.3 Å². The van der Waals surface area contributed by atoms with Crippen LogP contribution in [-0.4, -0.2) is 25.1 Å². The van der Waals surface area contributed by atoms with Crippen LogP contribution in [0.4, 0.5) is 0 Å². The molecule has 0 aromatic heterocycles. The predicted molar refractivity (Wildman–Crippen MR) is 93.0 cm³/mol. The Morgan fingerprint density at radius 3 is 2.41 bits per heavy atom. The Bertz CT molecular complexity index is 432. The van der Waals surface area contributed by atoms with Crippen molar-refractivity contribution in [2.24, 2.45) is 17.1 Å². The van der Waals surface area contributed by atoms with Gasteiger partial charge in [-0.05, 0) is 16.9 Å². The van der Waals surface area contributed by atoms with Gasteiger partial charge in [0, 0.05) is 6.54 Å². The van der Waals surface area contributed by atoms with Crippen molar-refractivity contribution in [3.8, 4) is 0 Å². The molecule has 0 saturated carbocycles. The highest BCUT2D eigenvalue weighted by atomic mass is 35.5. The molecule has 0 bridgehead atoms. The van der Waals surface area contributed by atoms with Crippen LogP contribution in [0.25, 0.3) is 0 Å². The third-order valence-electron chi connectivity index (χ3n) is 3.35. The molecule has 1 rings (SSSR count). The third-order valence-corrected chi connectivity index (χ3v) is 3.35. The van der Waals surface area contributed by atoms with Crippen LogP contribution in [0.3, 0.4) is 0 Å². The number of hydrogen-bond acceptors (Lipinski definition) is 3. The van der Waals surface area contributed by atoms with Crippen LogP contribution in [0.2, 0.25) is 0 Å². The summed E-state index contributed by atoms with van der Waals surface area (Å²) < 4.78 is 5.66. The normalized spacial score (nSPS) is 13.9. The Morgan fingerprint density at radius 1 is 1.27 bits per heavy atom. The zero-order valence-corrected chi connectivity index (χ0v) is 14.8. The highest BCUT2D eigenvalue weighted by Crippen LogP contribution is 2.17. The number of carbonyl (C=O) groups is 1. The molecule has 0 fully saturated rings. The molecule has 4 nitrogen and oxygen atoms in total. The molecular weight excluding hydrogens is 300 g/mol. The summed E-state index contributed by atoms with van der Waals surface area (Å²) in [7, 11) is 0. The monoisotopic (exact) mass is 328 g/mol. The van der Waals surface area contributed by atoms with Gasteiger partial charge in [0.1, 0.15) is 0 Å². The van der Waals surface area contributed by atoms with Crippen LogP contribution >= 0.6 is 12.4 Å². The first-order valence-electron chi connectivity index (χ1n) is 7.45. The summed E-state index contributed by atoms with van der Waals surface area (Å²) in [5.74, 6) is 0.155. The molecule has 1 unspecified atom stereocenters. The first-order chi connectivity index (χ1) is 9.80. The molecule has 3 N–H and O–H groups in total. The Balaban J connectivity index is 0.00000441. The van der Waals surface area contributed by atoms with Gasteiger partial charge in [-0.3, -0.25) is 4.79 Å². The third kappa shape index (κ3) is 7.78. The molecule has 0 saturated heterocycles. The summed E-state index contributed by atoms with van der Waals surface area (Å²) in [5.41, 5.74) is 6.84. The smallest absolute Gasteiger partial charge is 0.237 e. The largest absolute Gasteiger partial charge is 0.376 e. The molecule has 22 heavy (non-hydrogen) atoms. The van der Waals surface area contributed by atoms with E-state index in [1.165, 1.54) is 0 Å².